The number of aryl methyl sites for hydroxylation is 2. The van der Waals surface area contributed by atoms with Crippen LogP contribution in [0.15, 0.2) is 28.8 Å². The van der Waals surface area contributed by atoms with Crippen molar-refractivity contribution in [3.8, 4) is 5.75 Å². The van der Waals surface area contributed by atoms with Crippen LogP contribution < -0.4 is 4.74 Å². The molecule has 144 valence electrons. The third-order valence-corrected chi connectivity index (χ3v) is 5.29. The van der Waals surface area contributed by atoms with E-state index in [0.717, 1.165) is 29.9 Å². The second-order valence-corrected chi connectivity index (χ2v) is 7.02. The van der Waals surface area contributed by atoms with E-state index in [4.69, 9.17) is 18.7 Å². The fourth-order valence-corrected chi connectivity index (χ4v) is 3.58. The largest absolute Gasteiger partial charge is 0.489 e. The minimum atomic E-state index is -0.466. The van der Waals surface area contributed by atoms with Crippen molar-refractivity contribution in [3.05, 3.63) is 46.8 Å². The van der Waals surface area contributed by atoms with Crippen LogP contribution in [0.2, 0.25) is 0 Å². The Hall–Kier alpha value is -2.38. The number of carbonyl (C=O) groups excluding carboxylic acids is 1. The van der Waals surface area contributed by atoms with Crippen molar-refractivity contribution in [2.45, 2.75) is 39.1 Å². The Labute approximate surface area is 158 Å². The van der Waals surface area contributed by atoms with Gasteiger partial charge in [-0.15, -0.1) is 0 Å². The standard InChI is InChI=1S/C20H24N2O5/c1-14-18(15(2)27-21-14)13-24-17-5-3-16(4-6-17)19(23)22-9-7-20(8-10-22)25-11-12-26-20/h3-6H,7-13H2,1-2H3. The predicted octanol–water partition coefficient (Wildman–Crippen LogP) is 2.85. The lowest BCUT2D eigenvalue weighted by Crippen LogP contribution is -2.47. The molecule has 2 fully saturated rings. The normalized spacial score (nSPS) is 18.8. The van der Waals surface area contributed by atoms with E-state index >= 15 is 0 Å². The van der Waals surface area contributed by atoms with Crippen molar-refractivity contribution in [1.82, 2.24) is 10.1 Å². The number of piperidine rings is 1. The van der Waals surface area contributed by atoms with E-state index in [1.54, 1.807) is 12.1 Å². The number of amides is 1. The molecule has 0 saturated carbocycles. The van der Waals surface area contributed by atoms with Gasteiger partial charge in [-0.3, -0.25) is 4.79 Å². The Morgan fingerprint density at radius 1 is 1.15 bits per heavy atom. The minimum absolute atomic E-state index is 0.0279. The van der Waals surface area contributed by atoms with Gasteiger partial charge in [0.1, 0.15) is 18.1 Å². The van der Waals surface area contributed by atoms with Crippen molar-refractivity contribution < 1.29 is 23.5 Å². The smallest absolute Gasteiger partial charge is 0.253 e. The number of likely N-dealkylation sites (tertiary alicyclic amines) is 1. The first kappa shape index (κ1) is 18.0. The molecule has 0 atom stereocenters. The molecule has 0 N–H and O–H groups in total. The molecule has 2 saturated heterocycles. The van der Waals surface area contributed by atoms with Crippen LogP contribution in [0, 0.1) is 13.8 Å². The van der Waals surface area contributed by atoms with Crippen LogP contribution in [0.5, 0.6) is 5.75 Å². The predicted molar refractivity (Wildman–Crippen MR) is 96.5 cm³/mol. The van der Waals surface area contributed by atoms with E-state index in [1.165, 1.54) is 0 Å². The summed E-state index contributed by atoms with van der Waals surface area (Å²) in [5.74, 6) is 1.03. The van der Waals surface area contributed by atoms with Crippen LogP contribution in [0.4, 0.5) is 0 Å². The number of hydrogen-bond acceptors (Lipinski definition) is 6. The van der Waals surface area contributed by atoms with Crippen LogP contribution >= 0.6 is 0 Å². The van der Waals surface area contributed by atoms with E-state index < -0.39 is 5.79 Å². The van der Waals surface area contributed by atoms with Gasteiger partial charge in [-0.1, -0.05) is 5.16 Å². The van der Waals surface area contributed by atoms with Gasteiger partial charge in [-0.05, 0) is 38.1 Å². The van der Waals surface area contributed by atoms with Crippen molar-refractivity contribution in [2.24, 2.45) is 0 Å². The molecule has 2 aliphatic heterocycles. The highest BCUT2D eigenvalue weighted by Gasteiger charge is 2.40. The summed E-state index contributed by atoms with van der Waals surface area (Å²) in [6.45, 7) is 6.72. The Balaban J connectivity index is 1.34. The first-order valence-corrected chi connectivity index (χ1v) is 9.28. The van der Waals surface area contributed by atoms with Crippen molar-refractivity contribution in [1.29, 1.82) is 0 Å². The molecule has 1 aromatic carbocycles. The number of aromatic nitrogens is 1. The Morgan fingerprint density at radius 3 is 2.41 bits per heavy atom. The molecule has 1 spiro atoms. The van der Waals surface area contributed by atoms with E-state index in [1.807, 2.05) is 30.9 Å². The third-order valence-electron chi connectivity index (χ3n) is 5.29. The molecule has 0 bridgehead atoms. The summed E-state index contributed by atoms with van der Waals surface area (Å²) in [7, 11) is 0. The molecule has 1 aromatic heterocycles. The molecule has 2 aromatic rings. The summed E-state index contributed by atoms with van der Waals surface area (Å²) >= 11 is 0. The lowest BCUT2D eigenvalue weighted by molar-refractivity contribution is -0.181. The van der Waals surface area contributed by atoms with E-state index in [9.17, 15) is 4.79 Å². The highest BCUT2D eigenvalue weighted by Crippen LogP contribution is 2.31. The molecule has 0 unspecified atom stereocenters. The molecule has 4 rings (SSSR count). The fraction of sp³-hybridized carbons (Fsp3) is 0.500. The quantitative estimate of drug-likeness (QED) is 0.822. The van der Waals surface area contributed by atoms with Crippen LogP contribution in [0.3, 0.4) is 0 Å². The monoisotopic (exact) mass is 372 g/mol. The Bertz CT molecular complexity index is 779. The molecule has 3 heterocycles. The first-order chi connectivity index (χ1) is 13.1. The van der Waals surface area contributed by atoms with Gasteiger partial charge in [0, 0.05) is 31.5 Å². The summed E-state index contributed by atoms with van der Waals surface area (Å²) in [5, 5.41) is 3.92. The lowest BCUT2D eigenvalue weighted by atomic mass is 10.0. The van der Waals surface area contributed by atoms with Crippen LogP contribution in [0.25, 0.3) is 0 Å². The van der Waals surface area contributed by atoms with E-state index in [0.29, 0.717) is 44.2 Å². The number of carbonyl (C=O) groups is 1. The van der Waals surface area contributed by atoms with Crippen molar-refractivity contribution in [3.63, 3.8) is 0 Å². The number of nitrogens with zero attached hydrogens (tertiary/aromatic N) is 2. The van der Waals surface area contributed by atoms with Gasteiger partial charge < -0.3 is 23.6 Å². The molecular weight excluding hydrogens is 348 g/mol. The zero-order valence-corrected chi connectivity index (χ0v) is 15.7. The Morgan fingerprint density at radius 2 is 1.81 bits per heavy atom. The highest BCUT2D eigenvalue weighted by atomic mass is 16.7. The maximum Gasteiger partial charge on any atom is 0.253 e. The molecule has 27 heavy (non-hydrogen) atoms. The summed E-state index contributed by atoms with van der Waals surface area (Å²) in [6.07, 6.45) is 1.44. The molecule has 7 nitrogen and oxygen atoms in total. The van der Waals surface area contributed by atoms with Crippen LogP contribution in [0.1, 0.15) is 40.2 Å². The average Bonchev–Trinajstić information content (AvgIpc) is 3.27. The molecule has 2 aliphatic rings. The summed E-state index contributed by atoms with van der Waals surface area (Å²) in [5.41, 5.74) is 2.44. The zero-order valence-electron chi connectivity index (χ0n) is 15.7. The second-order valence-electron chi connectivity index (χ2n) is 7.02. The lowest BCUT2D eigenvalue weighted by Gasteiger charge is -2.37. The van der Waals surface area contributed by atoms with Crippen molar-refractivity contribution in [2.75, 3.05) is 26.3 Å². The van der Waals surface area contributed by atoms with E-state index in [-0.39, 0.29) is 5.91 Å². The number of hydrogen-bond donors (Lipinski definition) is 0. The van der Waals surface area contributed by atoms with Crippen LogP contribution in [-0.2, 0) is 16.1 Å². The van der Waals surface area contributed by atoms with Gasteiger partial charge in [0.15, 0.2) is 5.79 Å². The van der Waals surface area contributed by atoms with Gasteiger partial charge in [-0.2, -0.15) is 0 Å². The molecule has 1 amide bonds. The number of ether oxygens (including phenoxy) is 3. The zero-order chi connectivity index (χ0) is 18.9. The SMILES string of the molecule is Cc1noc(C)c1COc1ccc(C(=O)N2CCC3(CC2)OCCO3)cc1. The number of benzene rings is 1. The third kappa shape index (κ3) is 3.70. The number of rotatable bonds is 4. The molecule has 0 radical (unpaired) electrons. The maximum absolute atomic E-state index is 12.7. The van der Waals surface area contributed by atoms with Gasteiger partial charge in [-0.25, -0.2) is 0 Å². The van der Waals surface area contributed by atoms with Gasteiger partial charge in [0.25, 0.3) is 5.91 Å². The molecular formula is C20H24N2O5. The Kier molecular flexibility index (Phi) is 4.88. The summed E-state index contributed by atoms with van der Waals surface area (Å²) in [4.78, 5) is 14.6. The molecule has 7 heteroatoms. The topological polar surface area (TPSA) is 74.0 Å². The van der Waals surface area contributed by atoms with Gasteiger partial charge in [0.05, 0.1) is 24.5 Å². The van der Waals surface area contributed by atoms with Crippen LogP contribution in [-0.4, -0.2) is 48.1 Å². The minimum Gasteiger partial charge on any atom is -0.489 e. The fourth-order valence-electron chi connectivity index (χ4n) is 3.58. The first-order valence-electron chi connectivity index (χ1n) is 9.28. The van der Waals surface area contributed by atoms with Crippen molar-refractivity contribution >= 4 is 5.91 Å². The highest BCUT2D eigenvalue weighted by molar-refractivity contribution is 5.94. The summed E-state index contributed by atoms with van der Waals surface area (Å²) < 4.78 is 22.4. The van der Waals surface area contributed by atoms with Gasteiger partial charge >= 0.3 is 0 Å². The molecule has 0 aliphatic carbocycles. The summed E-state index contributed by atoms with van der Waals surface area (Å²) in [6, 6.07) is 7.25. The average molecular weight is 372 g/mol. The maximum atomic E-state index is 12.7. The van der Waals surface area contributed by atoms with E-state index in [2.05, 4.69) is 5.16 Å². The van der Waals surface area contributed by atoms with Gasteiger partial charge in [0.2, 0.25) is 0 Å². The second kappa shape index (κ2) is 7.32.